The SMILES string of the molecule is CSc1ccc(NC(=O)c2ccc(C(C)(C)C)cc2)cn1. The van der Waals surface area contributed by atoms with Crippen molar-refractivity contribution in [2.75, 3.05) is 11.6 Å². The zero-order valence-corrected chi connectivity index (χ0v) is 13.6. The summed E-state index contributed by atoms with van der Waals surface area (Å²) in [6, 6.07) is 11.5. The first kappa shape index (κ1) is 15.6. The van der Waals surface area contributed by atoms with E-state index in [1.54, 1.807) is 18.0 Å². The number of carbonyl (C=O) groups is 1. The molecule has 0 aliphatic carbocycles. The monoisotopic (exact) mass is 300 g/mol. The number of hydrogen-bond acceptors (Lipinski definition) is 3. The zero-order valence-electron chi connectivity index (χ0n) is 12.8. The van der Waals surface area contributed by atoms with Gasteiger partial charge in [-0.15, -0.1) is 11.8 Å². The molecule has 4 heteroatoms. The maximum Gasteiger partial charge on any atom is 0.255 e. The van der Waals surface area contributed by atoms with Crippen molar-refractivity contribution in [3.63, 3.8) is 0 Å². The largest absolute Gasteiger partial charge is 0.321 e. The van der Waals surface area contributed by atoms with Crippen molar-refractivity contribution in [2.45, 2.75) is 31.2 Å². The fraction of sp³-hybridized carbons (Fsp3) is 0.294. The Labute approximate surface area is 130 Å². The highest BCUT2D eigenvalue weighted by Crippen LogP contribution is 2.22. The highest BCUT2D eigenvalue weighted by atomic mass is 32.2. The first-order valence-electron chi connectivity index (χ1n) is 6.82. The number of amides is 1. The van der Waals surface area contributed by atoms with Crippen molar-refractivity contribution >= 4 is 23.4 Å². The molecule has 0 saturated carbocycles. The molecule has 0 aliphatic heterocycles. The van der Waals surface area contributed by atoms with Gasteiger partial charge in [0, 0.05) is 5.56 Å². The average Bonchev–Trinajstić information content (AvgIpc) is 2.47. The predicted molar refractivity (Wildman–Crippen MR) is 89.1 cm³/mol. The molecule has 1 heterocycles. The molecule has 1 aromatic carbocycles. The van der Waals surface area contributed by atoms with Gasteiger partial charge in [-0.05, 0) is 41.5 Å². The molecule has 1 amide bonds. The first-order valence-corrected chi connectivity index (χ1v) is 8.04. The van der Waals surface area contributed by atoms with Crippen LogP contribution >= 0.6 is 11.8 Å². The fourth-order valence-electron chi connectivity index (χ4n) is 1.90. The van der Waals surface area contributed by atoms with Crippen molar-refractivity contribution in [1.29, 1.82) is 0 Å². The molecule has 0 radical (unpaired) electrons. The normalized spacial score (nSPS) is 11.2. The third-order valence-corrected chi connectivity index (χ3v) is 3.88. The predicted octanol–water partition coefficient (Wildman–Crippen LogP) is 4.35. The number of hydrogen-bond donors (Lipinski definition) is 1. The van der Waals surface area contributed by atoms with Gasteiger partial charge in [0.1, 0.15) is 0 Å². The molecular formula is C17H20N2OS. The highest BCUT2D eigenvalue weighted by molar-refractivity contribution is 7.98. The second kappa shape index (κ2) is 6.31. The van der Waals surface area contributed by atoms with Gasteiger partial charge in [0.05, 0.1) is 16.9 Å². The van der Waals surface area contributed by atoms with E-state index in [0.29, 0.717) is 11.3 Å². The van der Waals surface area contributed by atoms with Gasteiger partial charge in [0.2, 0.25) is 0 Å². The summed E-state index contributed by atoms with van der Waals surface area (Å²) in [7, 11) is 0. The molecular weight excluding hydrogens is 280 g/mol. The van der Waals surface area contributed by atoms with Crippen molar-refractivity contribution < 1.29 is 4.79 Å². The summed E-state index contributed by atoms with van der Waals surface area (Å²) < 4.78 is 0. The Morgan fingerprint density at radius 1 is 1.10 bits per heavy atom. The van der Waals surface area contributed by atoms with Gasteiger partial charge in [0.15, 0.2) is 0 Å². The van der Waals surface area contributed by atoms with Crippen LogP contribution in [0.4, 0.5) is 5.69 Å². The smallest absolute Gasteiger partial charge is 0.255 e. The summed E-state index contributed by atoms with van der Waals surface area (Å²) in [5, 5.41) is 3.79. The van der Waals surface area contributed by atoms with Crippen molar-refractivity contribution in [1.82, 2.24) is 4.98 Å². The zero-order chi connectivity index (χ0) is 15.5. The van der Waals surface area contributed by atoms with E-state index < -0.39 is 0 Å². The Morgan fingerprint density at radius 3 is 2.24 bits per heavy atom. The third kappa shape index (κ3) is 4.08. The van der Waals surface area contributed by atoms with E-state index in [4.69, 9.17) is 0 Å². The minimum atomic E-state index is -0.117. The Bertz CT molecular complexity index is 613. The molecule has 0 bridgehead atoms. The van der Waals surface area contributed by atoms with Gasteiger partial charge >= 0.3 is 0 Å². The van der Waals surface area contributed by atoms with E-state index in [2.05, 4.69) is 31.1 Å². The number of nitrogens with one attached hydrogen (secondary N) is 1. The van der Waals surface area contributed by atoms with Crippen LogP contribution in [0.15, 0.2) is 47.6 Å². The molecule has 0 spiro atoms. The van der Waals surface area contributed by atoms with Crippen LogP contribution in [-0.4, -0.2) is 17.1 Å². The molecule has 1 aromatic heterocycles. The van der Waals surface area contributed by atoms with Gasteiger partial charge in [-0.3, -0.25) is 4.79 Å². The number of nitrogens with zero attached hydrogens (tertiary/aromatic N) is 1. The summed E-state index contributed by atoms with van der Waals surface area (Å²) in [6.07, 6.45) is 3.64. The molecule has 0 saturated heterocycles. The standard InChI is InChI=1S/C17H20N2OS/c1-17(2,3)13-7-5-12(6-8-13)16(20)19-14-9-10-15(21-4)18-11-14/h5-11H,1-4H3,(H,19,20). The quantitative estimate of drug-likeness (QED) is 0.857. The molecule has 0 aliphatic rings. The Morgan fingerprint density at radius 2 is 1.76 bits per heavy atom. The number of anilines is 1. The lowest BCUT2D eigenvalue weighted by molar-refractivity contribution is 0.102. The molecule has 2 aromatic rings. The Kier molecular flexibility index (Phi) is 4.68. The van der Waals surface area contributed by atoms with Gasteiger partial charge < -0.3 is 5.32 Å². The minimum Gasteiger partial charge on any atom is -0.321 e. The van der Waals surface area contributed by atoms with Crippen molar-refractivity contribution in [3.8, 4) is 0 Å². The van der Waals surface area contributed by atoms with E-state index >= 15 is 0 Å². The Hall–Kier alpha value is -1.81. The number of thioether (sulfide) groups is 1. The van der Waals surface area contributed by atoms with Crippen LogP contribution in [0.5, 0.6) is 0 Å². The number of benzene rings is 1. The summed E-state index contributed by atoms with van der Waals surface area (Å²) >= 11 is 1.57. The van der Waals surface area contributed by atoms with Crippen molar-refractivity contribution in [3.05, 3.63) is 53.7 Å². The number of aromatic nitrogens is 1. The highest BCUT2D eigenvalue weighted by Gasteiger charge is 2.14. The van der Waals surface area contributed by atoms with Crippen LogP contribution in [0.2, 0.25) is 0 Å². The fourth-order valence-corrected chi connectivity index (χ4v) is 2.26. The topological polar surface area (TPSA) is 42.0 Å². The van der Waals surface area contributed by atoms with Gasteiger partial charge in [-0.25, -0.2) is 4.98 Å². The lowest BCUT2D eigenvalue weighted by Gasteiger charge is -2.19. The number of carbonyl (C=O) groups excluding carboxylic acids is 1. The van der Waals surface area contributed by atoms with E-state index in [1.165, 1.54) is 5.56 Å². The van der Waals surface area contributed by atoms with E-state index in [9.17, 15) is 4.79 Å². The molecule has 1 N–H and O–H groups in total. The minimum absolute atomic E-state index is 0.0899. The molecule has 3 nitrogen and oxygen atoms in total. The van der Waals surface area contributed by atoms with Gasteiger partial charge in [-0.1, -0.05) is 32.9 Å². The van der Waals surface area contributed by atoms with Crippen LogP contribution < -0.4 is 5.32 Å². The summed E-state index contributed by atoms with van der Waals surface area (Å²) in [6.45, 7) is 6.46. The lowest BCUT2D eigenvalue weighted by Crippen LogP contribution is -2.14. The molecule has 2 rings (SSSR count). The number of rotatable bonds is 3. The van der Waals surface area contributed by atoms with Gasteiger partial charge in [0.25, 0.3) is 5.91 Å². The first-order chi connectivity index (χ1) is 9.90. The van der Waals surface area contributed by atoms with Crippen LogP contribution in [0.25, 0.3) is 0 Å². The van der Waals surface area contributed by atoms with Crippen LogP contribution in [0.1, 0.15) is 36.7 Å². The second-order valence-electron chi connectivity index (χ2n) is 5.87. The lowest BCUT2D eigenvalue weighted by atomic mass is 9.87. The summed E-state index contributed by atoms with van der Waals surface area (Å²) in [5.74, 6) is -0.117. The van der Waals surface area contributed by atoms with Crippen LogP contribution in [0.3, 0.4) is 0 Å². The van der Waals surface area contributed by atoms with Crippen LogP contribution in [0, 0.1) is 0 Å². The molecule has 0 atom stereocenters. The third-order valence-electron chi connectivity index (χ3n) is 3.22. The van der Waals surface area contributed by atoms with E-state index in [0.717, 1.165) is 5.03 Å². The maximum atomic E-state index is 12.2. The van der Waals surface area contributed by atoms with E-state index in [-0.39, 0.29) is 11.3 Å². The van der Waals surface area contributed by atoms with Crippen LogP contribution in [-0.2, 0) is 5.41 Å². The molecule has 0 fully saturated rings. The van der Waals surface area contributed by atoms with E-state index in [1.807, 2.05) is 42.7 Å². The summed E-state index contributed by atoms with van der Waals surface area (Å²) in [5.41, 5.74) is 2.66. The molecule has 0 unspecified atom stereocenters. The average molecular weight is 300 g/mol. The molecule has 21 heavy (non-hydrogen) atoms. The molecule has 110 valence electrons. The number of pyridine rings is 1. The van der Waals surface area contributed by atoms with Crippen molar-refractivity contribution in [2.24, 2.45) is 0 Å². The maximum absolute atomic E-state index is 12.2. The summed E-state index contributed by atoms with van der Waals surface area (Å²) in [4.78, 5) is 16.4. The Balaban J connectivity index is 2.09. The van der Waals surface area contributed by atoms with Gasteiger partial charge in [-0.2, -0.15) is 0 Å². The second-order valence-corrected chi connectivity index (χ2v) is 6.70.